The number of ether oxygens (including phenoxy) is 2. The summed E-state index contributed by atoms with van der Waals surface area (Å²) < 4.78 is 10.9. The molecule has 2 heterocycles. The molecule has 174 valence electrons. The third-order valence-electron chi connectivity index (χ3n) is 5.31. The summed E-state index contributed by atoms with van der Waals surface area (Å²) in [5.41, 5.74) is -1.08. The third-order valence-corrected chi connectivity index (χ3v) is 6.88. The summed E-state index contributed by atoms with van der Waals surface area (Å²) in [6.45, 7) is 1.19. The molecule has 12 nitrogen and oxygen atoms in total. The Morgan fingerprint density at radius 1 is 1.03 bits per heavy atom. The van der Waals surface area contributed by atoms with Gasteiger partial charge in [0.25, 0.3) is 0 Å². The number of rotatable bonds is 6. The molecule has 2 fully saturated rings. The highest BCUT2D eigenvalue weighted by molar-refractivity contribution is 8.00. The fraction of sp³-hybridized carbons (Fsp3) is 0.882. The van der Waals surface area contributed by atoms with Crippen LogP contribution >= 0.6 is 11.8 Å². The number of nitrogens with one attached hydrogen (secondary N) is 1. The van der Waals surface area contributed by atoms with Gasteiger partial charge in [0.05, 0.1) is 42.8 Å². The first kappa shape index (κ1) is 25.2. The first-order valence-electron chi connectivity index (χ1n) is 9.42. The summed E-state index contributed by atoms with van der Waals surface area (Å²) in [6, 6.07) is -2.37. The molecule has 2 aliphatic heterocycles. The first-order chi connectivity index (χ1) is 14.0. The fourth-order valence-corrected chi connectivity index (χ4v) is 5.15. The van der Waals surface area contributed by atoms with Crippen LogP contribution in [0.25, 0.3) is 0 Å². The number of hydrogen-bond acceptors (Lipinski definition) is 11. The minimum Gasteiger partial charge on any atom is -0.829 e. The normalized spacial score (nSPS) is 41.9. The van der Waals surface area contributed by atoms with Gasteiger partial charge >= 0.3 is 0 Å². The molecule has 0 aromatic heterocycles. The van der Waals surface area contributed by atoms with E-state index in [1.807, 2.05) is 0 Å². The van der Waals surface area contributed by atoms with Crippen LogP contribution in [-0.4, -0.2) is 122 Å². The van der Waals surface area contributed by atoms with Crippen molar-refractivity contribution in [1.82, 2.24) is 10.2 Å². The van der Waals surface area contributed by atoms with E-state index in [4.69, 9.17) is 9.47 Å². The molecule has 2 saturated heterocycles. The highest BCUT2D eigenvalue weighted by Crippen LogP contribution is 2.38. The summed E-state index contributed by atoms with van der Waals surface area (Å²) in [5.74, 6) is -0.991. The second kappa shape index (κ2) is 10.5. The molecule has 2 rings (SSSR count). The molecular formula is C17H29N2O10S-. The van der Waals surface area contributed by atoms with Crippen molar-refractivity contribution in [3.8, 4) is 0 Å². The molecule has 30 heavy (non-hydrogen) atoms. The number of likely N-dealkylation sites (N-methyl/N-ethyl adjacent to an activating group) is 1. The van der Waals surface area contributed by atoms with Gasteiger partial charge in [0.1, 0.15) is 23.7 Å². The molecule has 6 N–H and O–H groups in total. The summed E-state index contributed by atoms with van der Waals surface area (Å²) in [5, 5.41) is 64.3. The van der Waals surface area contributed by atoms with E-state index in [1.165, 1.54) is 20.9 Å². The van der Waals surface area contributed by atoms with Crippen molar-refractivity contribution >= 4 is 23.6 Å². The van der Waals surface area contributed by atoms with Gasteiger partial charge in [-0.3, -0.25) is 9.59 Å². The molecule has 0 aromatic carbocycles. The molecule has 0 saturated carbocycles. The van der Waals surface area contributed by atoms with E-state index in [1.54, 1.807) is 0 Å². The van der Waals surface area contributed by atoms with Crippen molar-refractivity contribution in [2.75, 3.05) is 20.3 Å². The van der Waals surface area contributed by atoms with Gasteiger partial charge in [0, 0.05) is 27.2 Å². The van der Waals surface area contributed by atoms with E-state index >= 15 is 0 Å². The Labute approximate surface area is 177 Å². The van der Waals surface area contributed by atoms with E-state index in [2.05, 4.69) is 5.32 Å². The van der Waals surface area contributed by atoms with Crippen LogP contribution in [0.4, 0.5) is 0 Å². The Kier molecular flexibility index (Phi) is 8.85. The van der Waals surface area contributed by atoms with Gasteiger partial charge in [0.2, 0.25) is 11.8 Å². The zero-order valence-electron chi connectivity index (χ0n) is 16.8. The van der Waals surface area contributed by atoms with Crippen LogP contribution in [0.3, 0.4) is 0 Å². The number of carbonyl (C=O) groups is 2. The zero-order chi connectivity index (χ0) is 22.7. The minimum absolute atomic E-state index is 0.473. The SMILES string of the molecule is CC(=O)N[C@@H]1[C@@H](O)[C@H](O)[C@@H](CO)O[C@H]1S[C@H]1[C@H](O)[C@@H](N(C)C(C)=O)[C@H]([O-])O[C@@H]1CO. The van der Waals surface area contributed by atoms with Gasteiger partial charge in [-0.25, -0.2) is 0 Å². The number of hydrogen-bond donors (Lipinski definition) is 6. The van der Waals surface area contributed by atoms with Crippen LogP contribution in [-0.2, 0) is 19.1 Å². The summed E-state index contributed by atoms with van der Waals surface area (Å²) in [4.78, 5) is 24.3. The van der Waals surface area contributed by atoms with Crippen molar-refractivity contribution in [3.05, 3.63) is 0 Å². The largest absolute Gasteiger partial charge is 0.829 e. The summed E-state index contributed by atoms with van der Waals surface area (Å²) in [6.07, 6.45) is -8.50. The van der Waals surface area contributed by atoms with Crippen molar-refractivity contribution in [3.63, 3.8) is 0 Å². The summed E-state index contributed by atoms with van der Waals surface area (Å²) in [7, 11) is 1.34. The second-order valence-electron chi connectivity index (χ2n) is 7.37. The predicted molar refractivity (Wildman–Crippen MR) is 101 cm³/mol. The second-order valence-corrected chi connectivity index (χ2v) is 8.65. The lowest BCUT2D eigenvalue weighted by Crippen LogP contribution is -2.68. The topological polar surface area (TPSA) is 192 Å². The average molecular weight is 453 g/mol. The quantitative estimate of drug-likeness (QED) is 0.226. The van der Waals surface area contributed by atoms with Crippen LogP contribution < -0.4 is 10.4 Å². The van der Waals surface area contributed by atoms with Crippen LogP contribution in [0.1, 0.15) is 13.8 Å². The zero-order valence-corrected chi connectivity index (χ0v) is 17.6. The maximum Gasteiger partial charge on any atom is 0.219 e. The Hall–Kier alpha value is -1.03. The van der Waals surface area contributed by atoms with Crippen LogP contribution in [0.5, 0.6) is 0 Å². The lowest BCUT2D eigenvalue weighted by molar-refractivity contribution is -0.519. The standard InChI is InChI=1S/C17H29N2O10S/c1-6(22)18-10-13(25)12(24)8(4-20)29-17(10)30-15-9(5-21)28-16(27)11(14(15)26)19(3)7(2)23/h8-17,20-21,24-26H,4-5H2,1-3H3,(H,18,22)/q-1/t8-,9-,10-,11-,12-,13-,14-,15-,16-,17+/m1/s1. The minimum atomic E-state index is -1.81. The Bertz CT molecular complexity index is 613. The highest BCUT2D eigenvalue weighted by Gasteiger charge is 2.50. The van der Waals surface area contributed by atoms with E-state index < -0.39 is 84.6 Å². The molecule has 2 amide bonds. The van der Waals surface area contributed by atoms with E-state index in [0.717, 1.165) is 16.7 Å². The summed E-state index contributed by atoms with van der Waals surface area (Å²) >= 11 is 0.861. The Morgan fingerprint density at radius 2 is 1.63 bits per heavy atom. The predicted octanol–water partition coefficient (Wildman–Crippen LogP) is -4.68. The van der Waals surface area contributed by atoms with Gasteiger partial charge in [-0.05, 0) is 0 Å². The molecule has 2 aliphatic rings. The molecule has 0 aromatic rings. The number of nitrogens with zero attached hydrogens (tertiary/aromatic N) is 1. The first-order valence-corrected chi connectivity index (χ1v) is 10.4. The van der Waals surface area contributed by atoms with Gasteiger partial charge in [0.15, 0.2) is 0 Å². The smallest absolute Gasteiger partial charge is 0.219 e. The van der Waals surface area contributed by atoms with E-state index in [-0.39, 0.29) is 0 Å². The van der Waals surface area contributed by atoms with Crippen LogP contribution in [0.2, 0.25) is 0 Å². The number of aliphatic hydroxyl groups is 5. The van der Waals surface area contributed by atoms with Gasteiger partial charge < -0.3 is 50.3 Å². The van der Waals surface area contributed by atoms with Crippen LogP contribution in [0, 0.1) is 0 Å². The monoisotopic (exact) mass is 453 g/mol. The molecule has 0 aliphatic carbocycles. The maximum atomic E-state index is 12.4. The lowest BCUT2D eigenvalue weighted by atomic mass is 9.98. The van der Waals surface area contributed by atoms with Gasteiger partial charge in [-0.2, -0.15) is 0 Å². The molecular weight excluding hydrogens is 424 g/mol. The number of aliphatic hydroxyl groups excluding tert-OH is 5. The number of carbonyl (C=O) groups excluding carboxylic acids is 2. The van der Waals surface area contributed by atoms with Crippen molar-refractivity contribution < 1.29 is 49.7 Å². The molecule has 10 atom stereocenters. The van der Waals surface area contributed by atoms with Gasteiger partial charge in [-0.1, -0.05) is 0 Å². The van der Waals surface area contributed by atoms with Crippen molar-refractivity contribution in [2.45, 2.75) is 73.4 Å². The fourth-order valence-electron chi connectivity index (χ4n) is 3.58. The highest BCUT2D eigenvalue weighted by atomic mass is 32.2. The molecule has 0 spiro atoms. The number of thioether (sulfide) groups is 1. The van der Waals surface area contributed by atoms with Gasteiger partial charge in [-0.15, -0.1) is 11.8 Å². The third kappa shape index (κ3) is 5.23. The molecule has 0 unspecified atom stereocenters. The van der Waals surface area contributed by atoms with Crippen molar-refractivity contribution in [2.24, 2.45) is 0 Å². The maximum absolute atomic E-state index is 12.4. The van der Waals surface area contributed by atoms with Crippen LogP contribution in [0.15, 0.2) is 0 Å². The molecule has 0 bridgehead atoms. The Balaban J connectivity index is 2.31. The van der Waals surface area contributed by atoms with E-state index in [9.17, 15) is 40.2 Å². The number of amides is 2. The van der Waals surface area contributed by atoms with E-state index in [0.29, 0.717) is 0 Å². The molecule has 13 heteroatoms. The lowest BCUT2D eigenvalue weighted by Gasteiger charge is -2.52. The van der Waals surface area contributed by atoms with Crippen molar-refractivity contribution in [1.29, 1.82) is 0 Å². The molecule has 0 radical (unpaired) electrons. The average Bonchev–Trinajstić information content (AvgIpc) is 2.68. The Morgan fingerprint density at radius 3 is 2.13 bits per heavy atom.